The summed E-state index contributed by atoms with van der Waals surface area (Å²) in [6.45, 7) is 2.17. The zero-order valence-corrected chi connectivity index (χ0v) is 16.7. The average Bonchev–Trinajstić information content (AvgIpc) is 3.25. The molecule has 0 bridgehead atoms. The SMILES string of the molecule is CCC(=C(c1ccc(C=CC(=O)O)cc1)c1ccc2cn[nH]c2c1)c1ccccc1. The molecular formula is C26H22N2O2. The van der Waals surface area contributed by atoms with Crippen LogP contribution in [0.3, 0.4) is 0 Å². The van der Waals surface area contributed by atoms with Crippen molar-refractivity contribution in [2.24, 2.45) is 0 Å². The van der Waals surface area contributed by atoms with Crippen molar-refractivity contribution in [3.63, 3.8) is 0 Å². The summed E-state index contributed by atoms with van der Waals surface area (Å²) < 4.78 is 0. The number of aliphatic carboxylic acids is 1. The van der Waals surface area contributed by atoms with Gasteiger partial charge in [-0.25, -0.2) is 4.79 Å². The lowest BCUT2D eigenvalue weighted by atomic mass is 9.87. The Hall–Kier alpha value is -3.92. The van der Waals surface area contributed by atoms with Crippen LogP contribution in [0.25, 0.3) is 28.1 Å². The second-order valence-electron chi connectivity index (χ2n) is 7.04. The molecule has 3 aromatic carbocycles. The first-order valence-electron chi connectivity index (χ1n) is 9.89. The van der Waals surface area contributed by atoms with Gasteiger partial charge in [-0.1, -0.05) is 73.7 Å². The molecule has 0 fully saturated rings. The first-order valence-corrected chi connectivity index (χ1v) is 9.89. The van der Waals surface area contributed by atoms with Gasteiger partial charge in [-0.15, -0.1) is 0 Å². The summed E-state index contributed by atoms with van der Waals surface area (Å²) in [7, 11) is 0. The van der Waals surface area contributed by atoms with Crippen molar-refractivity contribution < 1.29 is 9.90 Å². The molecule has 0 spiro atoms. The van der Waals surface area contributed by atoms with Crippen LogP contribution in [0.2, 0.25) is 0 Å². The van der Waals surface area contributed by atoms with E-state index >= 15 is 0 Å². The number of carboxylic acid groups (broad SMARTS) is 1. The number of benzene rings is 3. The van der Waals surface area contributed by atoms with Crippen molar-refractivity contribution in [3.8, 4) is 0 Å². The highest BCUT2D eigenvalue weighted by Gasteiger charge is 2.14. The van der Waals surface area contributed by atoms with E-state index in [4.69, 9.17) is 5.11 Å². The van der Waals surface area contributed by atoms with Crippen molar-refractivity contribution in [2.45, 2.75) is 13.3 Å². The first-order chi connectivity index (χ1) is 14.7. The van der Waals surface area contributed by atoms with Crippen LogP contribution in [0, 0.1) is 0 Å². The van der Waals surface area contributed by atoms with Crippen molar-refractivity contribution >= 4 is 34.1 Å². The maximum atomic E-state index is 10.8. The Kier molecular flexibility index (Phi) is 5.57. The molecule has 0 saturated heterocycles. The van der Waals surface area contributed by atoms with E-state index in [-0.39, 0.29) is 0 Å². The zero-order chi connectivity index (χ0) is 20.9. The summed E-state index contributed by atoms with van der Waals surface area (Å²) in [5.41, 5.74) is 7.65. The Morgan fingerprint density at radius 2 is 1.70 bits per heavy atom. The summed E-state index contributed by atoms with van der Waals surface area (Å²) >= 11 is 0. The molecule has 0 aliphatic rings. The van der Waals surface area contributed by atoms with E-state index < -0.39 is 5.97 Å². The minimum atomic E-state index is -0.954. The molecule has 0 unspecified atom stereocenters. The maximum absolute atomic E-state index is 10.8. The largest absolute Gasteiger partial charge is 0.478 e. The van der Waals surface area contributed by atoms with Crippen LogP contribution in [0.4, 0.5) is 0 Å². The molecule has 0 radical (unpaired) electrons. The first kappa shape index (κ1) is 19.4. The van der Waals surface area contributed by atoms with E-state index in [1.54, 1.807) is 6.08 Å². The summed E-state index contributed by atoms with van der Waals surface area (Å²) in [6.07, 6.45) is 5.45. The molecule has 0 saturated carbocycles. The van der Waals surface area contributed by atoms with Crippen molar-refractivity contribution in [2.75, 3.05) is 0 Å². The summed E-state index contributed by atoms with van der Waals surface area (Å²) in [6, 6.07) is 24.7. The summed E-state index contributed by atoms with van der Waals surface area (Å²) in [4.78, 5) is 10.8. The number of nitrogens with one attached hydrogen (secondary N) is 1. The Balaban J connectivity index is 1.89. The number of carboxylic acids is 1. The monoisotopic (exact) mass is 394 g/mol. The molecular weight excluding hydrogens is 372 g/mol. The average molecular weight is 394 g/mol. The van der Waals surface area contributed by atoms with Gasteiger partial charge in [0.2, 0.25) is 0 Å². The smallest absolute Gasteiger partial charge is 0.328 e. The lowest BCUT2D eigenvalue weighted by Crippen LogP contribution is -1.95. The van der Waals surface area contributed by atoms with Gasteiger partial charge in [0.1, 0.15) is 0 Å². The van der Waals surface area contributed by atoms with E-state index in [1.165, 1.54) is 11.1 Å². The molecule has 0 amide bonds. The van der Waals surface area contributed by atoms with Crippen molar-refractivity contribution in [1.82, 2.24) is 10.2 Å². The van der Waals surface area contributed by atoms with Crippen LogP contribution < -0.4 is 0 Å². The zero-order valence-electron chi connectivity index (χ0n) is 16.7. The molecule has 30 heavy (non-hydrogen) atoms. The van der Waals surface area contributed by atoms with E-state index in [0.717, 1.165) is 45.7 Å². The Morgan fingerprint density at radius 1 is 0.967 bits per heavy atom. The van der Waals surface area contributed by atoms with Crippen molar-refractivity contribution in [3.05, 3.63) is 107 Å². The number of fused-ring (bicyclic) bond motifs is 1. The van der Waals surface area contributed by atoms with E-state index in [2.05, 4.69) is 59.6 Å². The lowest BCUT2D eigenvalue weighted by molar-refractivity contribution is -0.131. The molecule has 1 heterocycles. The summed E-state index contributed by atoms with van der Waals surface area (Å²) in [5, 5.41) is 17.1. The second kappa shape index (κ2) is 8.62. The molecule has 0 aliphatic carbocycles. The minimum Gasteiger partial charge on any atom is -0.478 e. The fraction of sp³-hybridized carbons (Fsp3) is 0.0769. The Labute approximate surface area is 175 Å². The molecule has 4 heteroatoms. The maximum Gasteiger partial charge on any atom is 0.328 e. The van der Waals surface area contributed by atoms with Crippen LogP contribution in [0.1, 0.15) is 35.6 Å². The van der Waals surface area contributed by atoms with E-state index in [1.807, 2.05) is 36.5 Å². The number of carbonyl (C=O) groups is 1. The van der Waals surface area contributed by atoms with Crippen molar-refractivity contribution in [1.29, 1.82) is 0 Å². The highest BCUT2D eigenvalue weighted by Crippen LogP contribution is 2.35. The molecule has 0 aliphatic heterocycles. The number of hydrogen-bond acceptors (Lipinski definition) is 2. The van der Waals surface area contributed by atoms with Gasteiger partial charge in [-0.2, -0.15) is 5.10 Å². The van der Waals surface area contributed by atoms with Crippen LogP contribution in [-0.2, 0) is 4.79 Å². The van der Waals surface area contributed by atoms with Gasteiger partial charge >= 0.3 is 5.97 Å². The Bertz CT molecular complexity index is 1230. The number of rotatable bonds is 6. The molecule has 4 nitrogen and oxygen atoms in total. The van der Waals surface area contributed by atoms with Gasteiger partial charge in [-0.05, 0) is 52.0 Å². The van der Waals surface area contributed by atoms with Gasteiger partial charge in [0.15, 0.2) is 0 Å². The minimum absolute atomic E-state index is 0.849. The molecule has 0 atom stereocenters. The van der Waals surface area contributed by atoms with E-state index in [9.17, 15) is 4.79 Å². The number of aromatic nitrogens is 2. The predicted molar refractivity (Wildman–Crippen MR) is 122 cm³/mol. The predicted octanol–water partition coefficient (Wildman–Crippen LogP) is 6.03. The Morgan fingerprint density at radius 3 is 2.40 bits per heavy atom. The molecule has 4 aromatic rings. The van der Waals surface area contributed by atoms with Crippen LogP contribution >= 0.6 is 0 Å². The topological polar surface area (TPSA) is 66.0 Å². The fourth-order valence-electron chi connectivity index (χ4n) is 3.70. The highest BCUT2D eigenvalue weighted by atomic mass is 16.4. The van der Waals surface area contributed by atoms with Gasteiger partial charge in [0.25, 0.3) is 0 Å². The quantitative estimate of drug-likeness (QED) is 0.310. The lowest BCUT2D eigenvalue weighted by Gasteiger charge is -2.16. The van der Waals surface area contributed by atoms with Crippen LogP contribution in [0.5, 0.6) is 0 Å². The standard InChI is InChI=1S/C26H22N2O2/c1-2-23(19-6-4-3-5-7-19)26(21-13-14-22-17-27-28-24(22)16-21)20-11-8-18(9-12-20)10-15-25(29)30/h3-17H,2H2,1H3,(H,27,28)(H,29,30). The summed E-state index contributed by atoms with van der Waals surface area (Å²) in [5.74, 6) is -0.954. The third kappa shape index (κ3) is 4.08. The van der Waals surface area contributed by atoms with Crippen LogP contribution in [0.15, 0.2) is 85.1 Å². The van der Waals surface area contributed by atoms with Gasteiger partial charge < -0.3 is 5.11 Å². The van der Waals surface area contributed by atoms with Crippen LogP contribution in [-0.4, -0.2) is 21.3 Å². The van der Waals surface area contributed by atoms with Gasteiger partial charge in [-0.3, -0.25) is 5.10 Å². The molecule has 4 rings (SSSR count). The number of allylic oxidation sites excluding steroid dienone is 1. The normalized spacial score (nSPS) is 12.3. The number of aromatic amines is 1. The fourth-order valence-corrected chi connectivity index (χ4v) is 3.70. The second-order valence-corrected chi connectivity index (χ2v) is 7.04. The third-order valence-corrected chi connectivity index (χ3v) is 5.13. The molecule has 148 valence electrons. The highest BCUT2D eigenvalue weighted by molar-refractivity contribution is 6.00. The number of hydrogen-bond donors (Lipinski definition) is 2. The third-order valence-electron chi connectivity index (χ3n) is 5.13. The van der Waals surface area contributed by atoms with Gasteiger partial charge in [0.05, 0.1) is 11.7 Å². The number of nitrogens with zero attached hydrogens (tertiary/aromatic N) is 1. The number of H-pyrrole nitrogens is 1. The van der Waals surface area contributed by atoms with Gasteiger partial charge in [0, 0.05) is 11.5 Å². The molecule has 2 N–H and O–H groups in total. The van der Waals surface area contributed by atoms with E-state index in [0.29, 0.717) is 0 Å². The molecule has 1 aromatic heterocycles.